The van der Waals surface area contributed by atoms with E-state index in [1.54, 1.807) is 6.26 Å². The van der Waals surface area contributed by atoms with Gasteiger partial charge in [-0.3, -0.25) is 4.21 Å². The predicted octanol–water partition coefficient (Wildman–Crippen LogP) is 2.79. The molecule has 1 unspecified atom stereocenters. The fraction of sp³-hybridized carbons (Fsp3) is 0.143. The third-order valence-electron chi connectivity index (χ3n) is 1.23. The second-order valence-electron chi connectivity index (χ2n) is 2.01. The van der Waals surface area contributed by atoms with E-state index in [9.17, 15) is 4.21 Å². The van der Waals surface area contributed by atoms with Crippen molar-refractivity contribution in [2.75, 3.05) is 6.26 Å². The summed E-state index contributed by atoms with van der Waals surface area (Å²) in [5, 5.41) is 0. The zero-order chi connectivity index (χ0) is 8.43. The van der Waals surface area contributed by atoms with Gasteiger partial charge in [0.1, 0.15) is 0 Å². The number of hydrogen-bond acceptors (Lipinski definition) is 1. The summed E-state index contributed by atoms with van der Waals surface area (Å²) in [4.78, 5) is 0.889. The largest absolute Gasteiger partial charge is 0.255 e. The Morgan fingerprint density at radius 3 is 2.64 bits per heavy atom. The van der Waals surface area contributed by atoms with Crippen LogP contribution in [0.3, 0.4) is 0 Å². The molecule has 11 heavy (non-hydrogen) atoms. The molecule has 0 saturated heterocycles. The maximum absolute atomic E-state index is 11.1. The number of rotatable bonds is 1. The smallest absolute Gasteiger partial charge is 0.0530 e. The first-order valence-electron chi connectivity index (χ1n) is 2.90. The van der Waals surface area contributed by atoms with Gasteiger partial charge in [0.2, 0.25) is 0 Å². The monoisotopic (exact) mass is 344 g/mol. The lowest BCUT2D eigenvalue weighted by molar-refractivity contribution is 0.686. The first-order chi connectivity index (χ1) is 5.13. The van der Waals surface area contributed by atoms with Gasteiger partial charge in [0, 0.05) is 14.3 Å². The van der Waals surface area contributed by atoms with Crippen LogP contribution in [0.1, 0.15) is 0 Å². The van der Waals surface area contributed by atoms with E-state index in [0.29, 0.717) is 0 Å². The van der Waals surface area contributed by atoms with Crippen molar-refractivity contribution in [1.29, 1.82) is 0 Å². The zero-order valence-corrected chi connectivity index (χ0v) is 10.4. The van der Waals surface area contributed by atoms with E-state index in [4.69, 9.17) is 0 Å². The second kappa shape index (κ2) is 4.00. The minimum Gasteiger partial charge on any atom is -0.255 e. The molecule has 1 aromatic rings. The van der Waals surface area contributed by atoms with Crippen LogP contribution in [-0.2, 0) is 10.8 Å². The molecule has 0 spiro atoms. The summed E-state index contributed by atoms with van der Waals surface area (Å²) in [6, 6.07) is 5.71. The van der Waals surface area contributed by atoms with E-state index in [2.05, 4.69) is 38.5 Å². The lowest BCUT2D eigenvalue weighted by Gasteiger charge is -2.01. The molecule has 0 fully saturated rings. The van der Waals surface area contributed by atoms with Crippen molar-refractivity contribution in [3.05, 3.63) is 26.2 Å². The van der Waals surface area contributed by atoms with E-state index in [1.165, 1.54) is 0 Å². The Balaban J connectivity index is 3.27. The van der Waals surface area contributed by atoms with Crippen molar-refractivity contribution in [2.45, 2.75) is 4.90 Å². The summed E-state index contributed by atoms with van der Waals surface area (Å²) in [7, 11) is -0.888. The molecule has 0 aliphatic rings. The lowest BCUT2D eigenvalue weighted by Crippen LogP contribution is -1.91. The van der Waals surface area contributed by atoms with Crippen LogP contribution in [0, 0.1) is 3.57 Å². The Labute approximate surface area is 90.3 Å². The third kappa shape index (κ3) is 2.26. The average molecular weight is 345 g/mol. The third-order valence-corrected chi connectivity index (χ3v) is 5.12. The molecule has 0 aliphatic heterocycles. The number of halogens is 2. The van der Waals surface area contributed by atoms with Gasteiger partial charge in [-0.2, -0.15) is 0 Å². The minimum absolute atomic E-state index is 0.888. The Morgan fingerprint density at radius 2 is 2.18 bits per heavy atom. The molecule has 0 N–H and O–H groups in total. The van der Waals surface area contributed by atoms with Crippen molar-refractivity contribution in [3.63, 3.8) is 0 Å². The van der Waals surface area contributed by atoms with Crippen LogP contribution in [0.5, 0.6) is 0 Å². The fourth-order valence-corrected chi connectivity index (χ4v) is 3.13. The average Bonchev–Trinajstić information content (AvgIpc) is 1.94. The molecule has 1 aromatic carbocycles. The minimum atomic E-state index is -0.888. The molecule has 0 amide bonds. The van der Waals surface area contributed by atoms with Gasteiger partial charge in [-0.25, -0.2) is 0 Å². The van der Waals surface area contributed by atoms with Gasteiger partial charge in [0.15, 0.2) is 0 Å². The highest BCUT2D eigenvalue weighted by atomic mass is 127. The molecule has 0 aromatic heterocycles. The summed E-state index contributed by atoms with van der Waals surface area (Å²) in [5.74, 6) is 0. The van der Waals surface area contributed by atoms with Crippen LogP contribution < -0.4 is 0 Å². The molecule has 0 heterocycles. The van der Waals surface area contributed by atoms with E-state index in [1.807, 2.05) is 18.2 Å². The Hall–Kier alpha value is 0.580. The van der Waals surface area contributed by atoms with Crippen molar-refractivity contribution in [1.82, 2.24) is 0 Å². The molecule has 1 nitrogen and oxygen atoms in total. The van der Waals surface area contributed by atoms with Gasteiger partial charge in [-0.15, -0.1) is 0 Å². The maximum atomic E-state index is 11.1. The highest BCUT2D eigenvalue weighted by Crippen LogP contribution is 2.24. The van der Waals surface area contributed by atoms with Crippen LogP contribution in [0.2, 0.25) is 0 Å². The van der Waals surface area contributed by atoms with Crippen molar-refractivity contribution < 1.29 is 4.21 Å². The van der Waals surface area contributed by atoms with E-state index in [-0.39, 0.29) is 0 Å². The Morgan fingerprint density at radius 1 is 1.55 bits per heavy atom. The fourth-order valence-electron chi connectivity index (χ4n) is 0.706. The molecular formula is C7H6BrIOS. The van der Waals surface area contributed by atoms with Crippen molar-refractivity contribution in [3.8, 4) is 0 Å². The van der Waals surface area contributed by atoms with E-state index in [0.717, 1.165) is 12.9 Å². The second-order valence-corrected chi connectivity index (χ2v) is 5.29. The summed E-state index contributed by atoms with van der Waals surface area (Å²) >= 11 is 5.55. The molecule has 0 saturated carbocycles. The Kier molecular flexibility index (Phi) is 3.52. The topological polar surface area (TPSA) is 17.1 Å². The van der Waals surface area contributed by atoms with Crippen LogP contribution in [0.25, 0.3) is 0 Å². The van der Waals surface area contributed by atoms with Crippen LogP contribution in [0.15, 0.2) is 27.6 Å². The zero-order valence-electron chi connectivity index (χ0n) is 5.80. The molecule has 1 atom stereocenters. The summed E-state index contributed by atoms with van der Waals surface area (Å²) in [6.07, 6.45) is 1.68. The number of hydrogen-bond donors (Lipinski definition) is 0. The van der Waals surface area contributed by atoms with E-state index < -0.39 is 10.8 Å². The quantitative estimate of drug-likeness (QED) is 0.716. The standard InChI is InChI=1S/C7H6BrIOS/c1-11(10)6-4-2-3-5(8)7(6)9/h2-4H,1H3. The van der Waals surface area contributed by atoms with Gasteiger partial charge in [0.05, 0.1) is 15.7 Å². The number of benzene rings is 1. The highest BCUT2D eigenvalue weighted by Gasteiger charge is 2.05. The normalized spacial score (nSPS) is 13.0. The Bertz CT molecular complexity index is 300. The molecule has 0 bridgehead atoms. The lowest BCUT2D eigenvalue weighted by atomic mass is 10.4. The summed E-state index contributed by atoms with van der Waals surface area (Å²) in [5.41, 5.74) is 0. The van der Waals surface area contributed by atoms with Crippen LogP contribution >= 0.6 is 38.5 Å². The van der Waals surface area contributed by atoms with Gasteiger partial charge in [-0.1, -0.05) is 6.07 Å². The first-order valence-corrected chi connectivity index (χ1v) is 6.33. The SMILES string of the molecule is CS(=O)c1cccc(Br)c1I. The maximum Gasteiger partial charge on any atom is 0.0530 e. The molecule has 60 valence electrons. The van der Waals surface area contributed by atoms with Crippen molar-refractivity contribution >= 4 is 49.3 Å². The van der Waals surface area contributed by atoms with Gasteiger partial charge in [0.25, 0.3) is 0 Å². The molecule has 4 heteroatoms. The molecular weight excluding hydrogens is 339 g/mol. The summed E-state index contributed by atoms with van der Waals surface area (Å²) in [6.45, 7) is 0. The van der Waals surface area contributed by atoms with E-state index >= 15 is 0 Å². The summed E-state index contributed by atoms with van der Waals surface area (Å²) < 4.78 is 13.1. The van der Waals surface area contributed by atoms with Crippen LogP contribution in [0.4, 0.5) is 0 Å². The van der Waals surface area contributed by atoms with Gasteiger partial charge in [-0.05, 0) is 50.7 Å². The molecule has 0 aliphatic carbocycles. The predicted molar refractivity (Wildman–Crippen MR) is 59.2 cm³/mol. The molecule has 0 radical (unpaired) electrons. The molecule has 1 rings (SSSR count). The van der Waals surface area contributed by atoms with Gasteiger partial charge >= 0.3 is 0 Å². The van der Waals surface area contributed by atoms with Gasteiger partial charge < -0.3 is 0 Å². The van der Waals surface area contributed by atoms with Crippen LogP contribution in [-0.4, -0.2) is 10.5 Å². The highest BCUT2D eigenvalue weighted by molar-refractivity contribution is 14.1. The van der Waals surface area contributed by atoms with Crippen molar-refractivity contribution in [2.24, 2.45) is 0 Å². The first kappa shape index (κ1) is 9.67.